The molecule has 11 nitrogen and oxygen atoms in total. The second-order valence-electron chi connectivity index (χ2n) is 10.5. The van der Waals surface area contributed by atoms with Gasteiger partial charge >= 0.3 is 5.97 Å². The number of esters is 1. The number of hydrogen-bond donors (Lipinski definition) is 2. The molecular weight excluding hydrogens is 567 g/mol. The van der Waals surface area contributed by atoms with Crippen molar-refractivity contribution in [2.45, 2.75) is 72.0 Å². The second-order valence-corrected chi connectivity index (χ2v) is 11.5. The number of methoxy groups -OCH3 is 1. The van der Waals surface area contributed by atoms with E-state index in [1.807, 2.05) is 6.07 Å². The first-order chi connectivity index (χ1) is 19.8. The minimum atomic E-state index is -1.69. The first kappa shape index (κ1) is 32.8. The minimum Gasteiger partial charge on any atom is -0.496 e. The molecule has 2 amide bonds. The number of carbonyl (C=O) groups excluding carboxylic acids is 3. The molecule has 2 heterocycles. The van der Waals surface area contributed by atoms with Gasteiger partial charge in [0.2, 0.25) is 12.3 Å². The third-order valence-electron chi connectivity index (χ3n) is 6.80. The van der Waals surface area contributed by atoms with E-state index in [4.69, 9.17) is 19.5 Å². The number of amides is 2. The van der Waals surface area contributed by atoms with E-state index < -0.39 is 41.6 Å². The van der Waals surface area contributed by atoms with Gasteiger partial charge in [0.25, 0.3) is 5.91 Å². The van der Waals surface area contributed by atoms with Crippen LogP contribution in [0.3, 0.4) is 0 Å². The average Bonchev–Trinajstić information content (AvgIpc) is 3.27. The van der Waals surface area contributed by atoms with E-state index in [0.29, 0.717) is 16.9 Å². The van der Waals surface area contributed by atoms with Crippen LogP contribution >= 0.6 is 11.3 Å². The fourth-order valence-electron chi connectivity index (χ4n) is 4.70. The summed E-state index contributed by atoms with van der Waals surface area (Å²) in [6.45, 7) is 9.78. The van der Waals surface area contributed by atoms with Crippen LogP contribution in [0.25, 0.3) is 0 Å². The van der Waals surface area contributed by atoms with E-state index in [9.17, 15) is 23.9 Å². The van der Waals surface area contributed by atoms with Crippen molar-refractivity contribution in [3.63, 3.8) is 0 Å². The summed E-state index contributed by atoms with van der Waals surface area (Å²) in [5, 5.41) is 23.9. The number of fused-ring (bicyclic) bond motifs is 1. The molecular formula is C29H37FN4O7S. The molecule has 2 atom stereocenters. The number of carbonyl (C=O) groups is 3. The van der Waals surface area contributed by atoms with E-state index in [1.165, 1.54) is 44.1 Å². The van der Waals surface area contributed by atoms with Crippen molar-refractivity contribution in [1.82, 2.24) is 10.2 Å². The largest absolute Gasteiger partial charge is 0.496 e. The van der Waals surface area contributed by atoms with Gasteiger partial charge in [0, 0.05) is 11.6 Å². The average molecular weight is 605 g/mol. The molecule has 13 heteroatoms. The maximum absolute atomic E-state index is 14.4. The number of anilines is 1. The summed E-state index contributed by atoms with van der Waals surface area (Å²) in [4.78, 5) is 42.8. The molecule has 1 unspecified atom stereocenters. The van der Waals surface area contributed by atoms with Crippen molar-refractivity contribution in [2.24, 2.45) is 0 Å². The predicted molar refractivity (Wildman–Crippen MR) is 154 cm³/mol. The minimum absolute atomic E-state index is 0.0138. The van der Waals surface area contributed by atoms with Gasteiger partial charge in [-0.05, 0) is 65.3 Å². The van der Waals surface area contributed by atoms with Crippen LogP contribution in [0.4, 0.5) is 9.39 Å². The molecule has 42 heavy (non-hydrogen) atoms. The number of nitrogens with zero attached hydrogens (tertiary/aromatic N) is 3. The Hall–Kier alpha value is -3.73. The maximum atomic E-state index is 14.4. The number of aliphatic hydroxyl groups is 1. The van der Waals surface area contributed by atoms with E-state index in [2.05, 4.69) is 5.32 Å². The molecule has 0 aliphatic carbocycles. The zero-order valence-electron chi connectivity index (χ0n) is 24.8. The summed E-state index contributed by atoms with van der Waals surface area (Å²) in [5.74, 6) is -2.02. The fraction of sp³-hybridized carbons (Fsp3) is 0.517. The van der Waals surface area contributed by atoms with Gasteiger partial charge in [-0.2, -0.15) is 5.26 Å². The van der Waals surface area contributed by atoms with Crippen LogP contribution in [0, 0.1) is 24.1 Å². The van der Waals surface area contributed by atoms with E-state index in [0.717, 1.165) is 16.2 Å². The lowest BCUT2D eigenvalue weighted by molar-refractivity contribution is -0.137. The van der Waals surface area contributed by atoms with Crippen LogP contribution in [0.15, 0.2) is 18.2 Å². The molecule has 0 bridgehead atoms. The van der Waals surface area contributed by atoms with Gasteiger partial charge in [-0.3, -0.25) is 14.5 Å². The van der Waals surface area contributed by atoms with Gasteiger partial charge in [-0.25, -0.2) is 9.18 Å². The molecule has 1 aromatic heterocycles. The highest BCUT2D eigenvalue weighted by Crippen LogP contribution is 2.44. The highest BCUT2D eigenvalue weighted by Gasteiger charge is 2.50. The molecule has 0 fully saturated rings. The smallest absolute Gasteiger partial charge is 0.348 e. The van der Waals surface area contributed by atoms with Gasteiger partial charge in [-0.15, -0.1) is 11.3 Å². The van der Waals surface area contributed by atoms with Crippen LogP contribution in [-0.4, -0.2) is 72.6 Å². The third kappa shape index (κ3) is 6.51. The van der Waals surface area contributed by atoms with Gasteiger partial charge in [0.05, 0.1) is 44.9 Å². The van der Waals surface area contributed by atoms with Gasteiger partial charge in [-0.1, -0.05) is 0 Å². The number of benzene rings is 1. The molecule has 0 radical (unpaired) electrons. The van der Waals surface area contributed by atoms with Crippen LogP contribution < -0.4 is 15.0 Å². The van der Waals surface area contributed by atoms with E-state index in [-0.39, 0.29) is 47.7 Å². The summed E-state index contributed by atoms with van der Waals surface area (Å²) < 4.78 is 31.1. The SMILES string of the molecule is CCOC(=O)c1sc2c(c1C)C(=O)N(C(C)(C)C(=O)NC(C)C)C(O)N2C[C@H](OCCC#N)c1cc(F)ccc1OC. The summed E-state index contributed by atoms with van der Waals surface area (Å²) in [7, 11) is 1.42. The van der Waals surface area contributed by atoms with Crippen LogP contribution in [0.2, 0.25) is 0 Å². The van der Waals surface area contributed by atoms with Crippen LogP contribution in [0.5, 0.6) is 5.75 Å². The lowest BCUT2D eigenvalue weighted by Gasteiger charge is -2.48. The number of thiophene rings is 1. The maximum Gasteiger partial charge on any atom is 0.348 e. The van der Waals surface area contributed by atoms with E-state index in [1.54, 1.807) is 27.7 Å². The zero-order chi connectivity index (χ0) is 31.4. The molecule has 0 spiro atoms. The highest BCUT2D eigenvalue weighted by molar-refractivity contribution is 7.18. The first-order valence-corrected chi connectivity index (χ1v) is 14.3. The summed E-state index contributed by atoms with van der Waals surface area (Å²) in [6.07, 6.45) is -2.60. The molecule has 2 aromatic rings. The standard InChI is InChI=1S/C29H37FN4O7S/c1-8-40-26(36)23-17(4)22-24(35)34(29(5,6)27(37)32-16(2)3)28(38)33(25(22)42-23)15-21(41-13-9-12-31)19-14-18(30)10-11-20(19)39-7/h10-11,14,16,21,28,38H,8-9,13,15H2,1-7H3,(H,32,37)/t21-,28?/m0/s1. The Morgan fingerprint density at radius 1 is 1.31 bits per heavy atom. The summed E-state index contributed by atoms with van der Waals surface area (Å²) in [6, 6.07) is 5.66. The number of halogens is 1. The number of aliphatic hydroxyl groups excluding tert-OH is 1. The van der Waals surface area contributed by atoms with Crippen molar-refractivity contribution in [2.75, 3.05) is 31.8 Å². The summed E-state index contributed by atoms with van der Waals surface area (Å²) >= 11 is 0.966. The quantitative estimate of drug-likeness (QED) is 0.273. The van der Waals surface area contributed by atoms with Gasteiger partial charge < -0.3 is 29.5 Å². The molecule has 228 valence electrons. The molecule has 3 rings (SSSR count). The topological polar surface area (TPSA) is 141 Å². The number of rotatable bonds is 12. The zero-order valence-corrected chi connectivity index (χ0v) is 25.6. The molecule has 2 N–H and O–H groups in total. The van der Waals surface area contributed by atoms with Crippen LogP contribution in [0.1, 0.15) is 78.3 Å². The molecule has 0 saturated carbocycles. The fourth-order valence-corrected chi connectivity index (χ4v) is 5.92. The molecule has 1 aliphatic rings. The number of nitriles is 1. The van der Waals surface area contributed by atoms with Crippen molar-refractivity contribution in [1.29, 1.82) is 5.26 Å². The van der Waals surface area contributed by atoms with E-state index >= 15 is 0 Å². The Morgan fingerprint density at radius 3 is 2.60 bits per heavy atom. The normalized spacial score (nSPS) is 15.7. The molecule has 1 aliphatic heterocycles. The van der Waals surface area contributed by atoms with Gasteiger partial charge in [0.1, 0.15) is 33.1 Å². The van der Waals surface area contributed by atoms with Crippen molar-refractivity contribution < 1.29 is 38.1 Å². The Balaban J connectivity index is 2.21. The Labute approximate surface area is 248 Å². The Morgan fingerprint density at radius 2 is 2.00 bits per heavy atom. The monoisotopic (exact) mass is 604 g/mol. The van der Waals surface area contributed by atoms with Crippen molar-refractivity contribution >= 4 is 34.1 Å². The Bertz CT molecular complexity index is 1370. The first-order valence-electron chi connectivity index (χ1n) is 13.5. The number of nitrogens with one attached hydrogen (secondary N) is 1. The summed E-state index contributed by atoms with van der Waals surface area (Å²) in [5.41, 5.74) is -0.766. The van der Waals surface area contributed by atoms with Crippen LogP contribution in [-0.2, 0) is 14.3 Å². The molecule has 1 aromatic carbocycles. The second kappa shape index (κ2) is 13.5. The lowest BCUT2D eigenvalue weighted by atomic mass is 9.96. The number of hydrogen-bond acceptors (Lipinski definition) is 10. The van der Waals surface area contributed by atoms with Crippen molar-refractivity contribution in [3.05, 3.63) is 45.6 Å². The lowest BCUT2D eigenvalue weighted by Crippen LogP contribution is -2.67. The van der Waals surface area contributed by atoms with Crippen molar-refractivity contribution in [3.8, 4) is 11.8 Å². The molecule has 0 saturated heterocycles. The Kier molecular flexibility index (Phi) is 10.5. The van der Waals surface area contributed by atoms with Gasteiger partial charge in [0.15, 0.2) is 0 Å². The third-order valence-corrected chi connectivity index (χ3v) is 8.11. The highest BCUT2D eigenvalue weighted by atomic mass is 32.1. The predicted octanol–water partition coefficient (Wildman–Crippen LogP) is 3.89. The number of ether oxygens (including phenoxy) is 3.